The second-order valence-corrected chi connectivity index (χ2v) is 10.1. The molecule has 1 aromatic heterocycles. The maximum Gasteiger partial charge on any atom is 0.205 e. The molecule has 3 aromatic rings. The molecule has 0 aliphatic carbocycles. The third-order valence-corrected chi connectivity index (χ3v) is 6.36. The van der Waals surface area contributed by atoms with Crippen molar-refractivity contribution < 1.29 is 24.1 Å². The molecule has 3 heterocycles. The number of hydrogen-bond acceptors (Lipinski definition) is 6. The highest BCUT2D eigenvalue weighted by Gasteiger charge is 2.32. The van der Waals surface area contributed by atoms with Gasteiger partial charge in [-0.3, -0.25) is 4.79 Å². The minimum Gasteiger partial charge on any atom is -0.506 e. The third kappa shape index (κ3) is 3.54. The zero-order valence-corrected chi connectivity index (χ0v) is 20.0. The molecule has 6 nitrogen and oxygen atoms in total. The van der Waals surface area contributed by atoms with Gasteiger partial charge >= 0.3 is 0 Å². The molecule has 2 aromatic carbocycles. The van der Waals surface area contributed by atoms with E-state index in [2.05, 4.69) is 6.08 Å². The van der Waals surface area contributed by atoms with E-state index in [1.54, 1.807) is 18.2 Å². The van der Waals surface area contributed by atoms with Gasteiger partial charge in [-0.05, 0) is 65.7 Å². The summed E-state index contributed by atoms with van der Waals surface area (Å²) in [7, 11) is 0. The van der Waals surface area contributed by atoms with Gasteiger partial charge in [-0.15, -0.1) is 0 Å². The van der Waals surface area contributed by atoms with Crippen LogP contribution in [0.2, 0.25) is 0 Å². The van der Waals surface area contributed by atoms with Crippen molar-refractivity contribution in [2.24, 2.45) is 0 Å². The molecule has 1 atom stereocenters. The Hall–Kier alpha value is -3.67. The first kappa shape index (κ1) is 22.1. The van der Waals surface area contributed by atoms with E-state index < -0.39 is 16.6 Å². The zero-order chi connectivity index (χ0) is 24.4. The summed E-state index contributed by atoms with van der Waals surface area (Å²) in [5.74, 6) is 0.371. The lowest BCUT2D eigenvalue weighted by atomic mass is 9.92. The summed E-state index contributed by atoms with van der Waals surface area (Å²) >= 11 is 0. The van der Waals surface area contributed by atoms with Crippen LogP contribution in [0.4, 0.5) is 0 Å². The SMILES string of the molecule is CC(C)=CCCC1(C)C=Cc2c(c(O)cc3oc4cc5c(c(O)c4c(=O)c23)C=CC(C)(C)O5)O1. The van der Waals surface area contributed by atoms with Crippen LogP contribution >= 0.6 is 0 Å². The molecule has 0 bridgehead atoms. The molecule has 2 aliphatic rings. The second-order valence-electron chi connectivity index (χ2n) is 10.1. The maximum absolute atomic E-state index is 13.6. The Bertz CT molecular complexity index is 1500. The summed E-state index contributed by atoms with van der Waals surface area (Å²) in [6.45, 7) is 9.84. The highest BCUT2D eigenvalue weighted by Crippen LogP contribution is 2.46. The van der Waals surface area contributed by atoms with E-state index >= 15 is 0 Å². The van der Waals surface area contributed by atoms with Crippen LogP contribution in [0.15, 0.2) is 45.1 Å². The van der Waals surface area contributed by atoms with Crippen LogP contribution in [-0.4, -0.2) is 21.4 Å². The number of benzene rings is 2. The van der Waals surface area contributed by atoms with Crippen molar-refractivity contribution in [2.75, 3.05) is 0 Å². The Morgan fingerprint density at radius 1 is 0.971 bits per heavy atom. The van der Waals surface area contributed by atoms with E-state index in [1.165, 1.54) is 11.6 Å². The van der Waals surface area contributed by atoms with E-state index in [9.17, 15) is 15.0 Å². The number of allylic oxidation sites excluding steroid dienone is 2. The summed E-state index contributed by atoms with van der Waals surface area (Å²) in [5, 5.41) is 22.1. The molecule has 0 amide bonds. The van der Waals surface area contributed by atoms with Crippen LogP contribution < -0.4 is 14.9 Å². The molecular formula is C28H28O6. The van der Waals surface area contributed by atoms with E-state index in [0.29, 0.717) is 23.3 Å². The summed E-state index contributed by atoms with van der Waals surface area (Å²) < 4.78 is 18.2. The van der Waals surface area contributed by atoms with Crippen molar-refractivity contribution in [3.8, 4) is 23.0 Å². The Kier molecular flexibility index (Phi) is 4.83. The van der Waals surface area contributed by atoms with E-state index in [4.69, 9.17) is 13.9 Å². The molecule has 5 rings (SSSR count). The first-order chi connectivity index (χ1) is 16.0. The molecule has 34 heavy (non-hydrogen) atoms. The molecule has 6 heteroatoms. The van der Waals surface area contributed by atoms with Gasteiger partial charge in [-0.25, -0.2) is 0 Å². The average Bonchev–Trinajstić information content (AvgIpc) is 2.72. The summed E-state index contributed by atoms with van der Waals surface area (Å²) in [5.41, 5.74) is 0.923. The van der Waals surface area contributed by atoms with Crippen LogP contribution in [-0.2, 0) is 0 Å². The van der Waals surface area contributed by atoms with Crippen LogP contribution in [0, 0.1) is 0 Å². The van der Waals surface area contributed by atoms with Crippen molar-refractivity contribution in [1.29, 1.82) is 0 Å². The average molecular weight is 461 g/mol. The largest absolute Gasteiger partial charge is 0.506 e. The van der Waals surface area contributed by atoms with Gasteiger partial charge in [0.15, 0.2) is 11.5 Å². The summed E-state index contributed by atoms with van der Waals surface area (Å²) in [6, 6.07) is 3.01. The summed E-state index contributed by atoms with van der Waals surface area (Å²) in [6.07, 6.45) is 11.0. The molecule has 0 saturated heterocycles. The van der Waals surface area contributed by atoms with Gasteiger partial charge in [0.1, 0.15) is 39.3 Å². The van der Waals surface area contributed by atoms with Gasteiger partial charge in [0.2, 0.25) is 5.43 Å². The number of rotatable bonds is 3. The predicted octanol–water partition coefficient (Wildman–Crippen LogP) is 6.45. The number of hydrogen-bond donors (Lipinski definition) is 2. The molecule has 0 saturated carbocycles. The third-order valence-electron chi connectivity index (χ3n) is 6.36. The molecule has 2 N–H and O–H groups in total. The molecular weight excluding hydrogens is 432 g/mol. The molecule has 2 aliphatic heterocycles. The molecule has 0 spiro atoms. The van der Waals surface area contributed by atoms with Crippen molar-refractivity contribution in [2.45, 2.75) is 58.7 Å². The van der Waals surface area contributed by atoms with Gasteiger partial charge in [-0.1, -0.05) is 17.7 Å². The molecule has 176 valence electrons. The number of phenols is 2. The monoisotopic (exact) mass is 460 g/mol. The first-order valence-corrected chi connectivity index (χ1v) is 11.4. The standard InChI is InChI=1S/C28H28O6/c1-15(2)7-6-10-28(5)12-9-17-22-20(13-18(29)26(17)34-28)32-21-14-19-16(8-11-27(3,4)33-19)24(30)23(21)25(22)31/h7-9,11-14,29-30H,6,10H2,1-5H3. The lowest BCUT2D eigenvalue weighted by Gasteiger charge is -2.32. The molecule has 0 radical (unpaired) electrons. The highest BCUT2D eigenvalue weighted by atomic mass is 16.5. The quantitative estimate of drug-likeness (QED) is 0.345. The Morgan fingerprint density at radius 2 is 1.68 bits per heavy atom. The first-order valence-electron chi connectivity index (χ1n) is 11.4. The van der Waals surface area contributed by atoms with Crippen molar-refractivity contribution in [1.82, 2.24) is 0 Å². The summed E-state index contributed by atoms with van der Waals surface area (Å²) in [4.78, 5) is 13.6. The molecule has 1 unspecified atom stereocenters. The van der Waals surface area contributed by atoms with Crippen LogP contribution in [0.1, 0.15) is 58.6 Å². The van der Waals surface area contributed by atoms with Crippen molar-refractivity contribution in [3.05, 3.63) is 57.3 Å². The van der Waals surface area contributed by atoms with E-state index in [0.717, 1.165) is 6.42 Å². The second kappa shape index (κ2) is 7.42. The van der Waals surface area contributed by atoms with Gasteiger partial charge in [-0.2, -0.15) is 0 Å². The predicted molar refractivity (Wildman–Crippen MR) is 134 cm³/mol. The van der Waals surface area contributed by atoms with E-state index in [1.807, 2.05) is 46.8 Å². The maximum atomic E-state index is 13.6. The van der Waals surface area contributed by atoms with Gasteiger partial charge in [0.05, 0.1) is 10.9 Å². The van der Waals surface area contributed by atoms with Crippen LogP contribution in [0.5, 0.6) is 23.0 Å². The smallest absolute Gasteiger partial charge is 0.205 e. The number of aromatic hydroxyl groups is 2. The van der Waals surface area contributed by atoms with Crippen LogP contribution in [0.25, 0.3) is 34.1 Å². The number of phenolic OH excluding ortho intramolecular Hbond substituents is 2. The zero-order valence-electron chi connectivity index (χ0n) is 20.0. The topological polar surface area (TPSA) is 89.1 Å². The van der Waals surface area contributed by atoms with Gasteiger partial charge in [0.25, 0.3) is 0 Å². The fourth-order valence-electron chi connectivity index (χ4n) is 4.56. The normalized spacial score (nSPS) is 19.9. The van der Waals surface area contributed by atoms with Crippen LogP contribution in [0.3, 0.4) is 0 Å². The van der Waals surface area contributed by atoms with Crippen molar-refractivity contribution in [3.63, 3.8) is 0 Å². The lowest BCUT2D eigenvalue weighted by molar-refractivity contribution is 0.124. The fourth-order valence-corrected chi connectivity index (χ4v) is 4.56. The number of ether oxygens (including phenoxy) is 2. The fraction of sp³-hybridized carbons (Fsp3) is 0.321. The Morgan fingerprint density at radius 3 is 2.41 bits per heavy atom. The Balaban J connectivity index is 1.70. The van der Waals surface area contributed by atoms with Crippen molar-refractivity contribution >= 4 is 34.1 Å². The minimum atomic E-state index is -0.628. The van der Waals surface area contributed by atoms with E-state index in [-0.39, 0.29) is 39.2 Å². The number of fused-ring (bicyclic) bond motifs is 5. The lowest BCUT2D eigenvalue weighted by Crippen LogP contribution is -2.32. The van der Waals surface area contributed by atoms with Gasteiger partial charge in [0, 0.05) is 17.7 Å². The van der Waals surface area contributed by atoms with Gasteiger partial charge < -0.3 is 24.1 Å². The highest BCUT2D eigenvalue weighted by molar-refractivity contribution is 6.01. The molecule has 0 fully saturated rings. The Labute approximate surface area is 197 Å². The minimum absolute atomic E-state index is 0.0670.